The monoisotopic (exact) mass is 379 g/mol. The van der Waals surface area contributed by atoms with E-state index < -0.39 is 0 Å². The molecule has 3 aromatic rings. The van der Waals surface area contributed by atoms with Gasteiger partial charge in [0.15, 0.2) is 5.58 Å². The van der Waals surface area contributed by atoms with Gasteiger partial charge in [-0.25, -0.2) is 0 Å². The lowest BCUT2D eigenvalue weighted by Crippen LogP contribution is -2.44. The van der Waals surface area contributed by atoms with Crippen molar-refractivity contribution in [3.8, 4) is 0 Å². The molecule has 0 spiro atoms. The van der Waals surface area contributed by atoms with Crippen LogP contribution in [-0.4, -0.2) is 63.4 Å². The Labute approximate surface area is 163 Å². The highest BCUT2D eigenvalue weighted by atomic mass is 16.5. The highest BCUT2D eigenvalue weighted by Gasteiger charge is 2.29. The predicted octanol–water partition coefficient (Wildman–Crippen LogP) is 2.44. The first-order valence-corrected chi connectivity index (χ1v) is 10.1. The summed E-state index contributed by atoms with van der Waals surface area (Å²) in [5, 5.41) is 9.72. The van der Waals surface area contributed by atoms with Crippen molar-refractivity contribution in [2.24, 2.45) is 7.05 Å². The topological polar surface area (TPSA) is 67.4 Å². The van der Waals surface area contributed by atoms with Crippen LogP contribution in [0.15, 0.2) is 35.0 Å². The predicted molar refractivity (Wildman–Crippen MR) is 105 cm³/mol. The highest BCUT2D eigenvalue weighted by molar-refractivity contribution is 5.95. The number of aryl methyl sites for hydroxylation is 1. The number of likely N-dealkylation sites (tertiary alicyclic amines) is 1. The molecule has 1 amide bonds. The van der Waals surface area contributed by atoms with Gasteiger partial charge in [0.25, 0.3) is 5.91 Å². The maximum absolute atomic E-state index is 12.7. The Morgan fingerprint density at radius 3 is 2.82 bits per heavy atom. The molecule has 0 N–H and O–H groups in total. The second-order valence-electron chi connectivity index (χ2n) is 7.86. The van der Waals surface area contributed by atoms with Crippen LogP contribution in [0, 0.1) is 0 Å². The number of rotatable bonds is 4. The van der Waals surface area contributed by atoms with Crippen molar-refractivity contribution in [2.45, 2.75) is 25.2 Å². The van der Waals surface area contributed by atoms with Crippen LogP contribution in [0.4, 0.5) is 0 Å². The second-order valence-corrected chi connectivity index (χ2v) is 7.86. The lowest BCUT2D eigenvalue weighted by atomic mass is 9.91. The van der Waals surface area contributed by atoms with Crippen LogP contribution in [0.2, 0.25) is 0 Å². The molecule has 7 heteroatoms. The second kappa shape index (κ2) is 7.05. The maximum Gasteiger partial charge on any atom is 0.272 e. The van der Waals surface area contributed by atoms with E-state index in [0.717, 1.165) is 79.9 Å². The van der Waals surface area contributed by atoms with Gasteiger partial charge in [0, 0.05) is 43.5 Å². The molecule has 146 valence electrons. The minimum Gasteiger partial charge on any atom is -0.356 e. The third kappa shape index (κ3) is 2.99. The number of piperidine rings is 1. The Morgan fingerprint density at radius 1 is 1.14 bits per heavy atom. The summed E-state index contributed by atoms with van der Waals surface area (Å²) >= 11 is 0. The van der Waals surface area contributed by atoms with Crippen LogP contribution in [-0.2, 0) is 13.5 Å². The van der Waals surface area contributed by atoms with E-state index in [-0.39, 0.29) is 5.91 Å². The standard InChI is InChI=1S/C21H25N5O2/c1-24-20-16(14-22-24)8-11-26(21(20)27)13-12-25-9-6-15(7-10-25)19-17-4-2-3-5-18(17)28-23-19/h2-5,14-15H,6-13H2,1H3. The van der Waals surface area contributed by atoms with Crippen LogP contribution in [0.3, 0.4) is 0 Å². The Balaban J connectivity index is 1.17. The van der Waals surface area contributed by atoms with Gasteiger partial charge in [-0.05, 0) is 44.5 Å². The van der Waals surface area contributed by atoms with E-state index in [1.54, 1.807) is 4.68 Å². The summed E-state index contributed by atoms with van der Waals surface area (Å²) in [6, 6.07) is 8.10. The summed E-state index contributed by atoms with van der Waals surface area (Å²) < 4.78 is 7.19. The molecule has 1 aromatic carbocycles. The van der Waals surface area contributed by atoms with Gasteiger partial charge in [0.2, 0.25) is 0 Å². The number of para-hydroxylation sites is 1. The number of carbonyl (C=O) groups is 1. The molecule has 0 unspecified atom stereocenters. The lowest BCUT2D eigenvalue weighted by molar-refractivity contribution is 0.0699. The SMILES string of the molecule is Cn1ncc2c1C(=O)N(CCN1CCC(c3noc4ccccc34)CC1)CC2. The first-order chi connectivity index (χ1) is 13.7. The van der Waals surface area contributed by atoms with Gasteiger partial charge in [0.1, 0.15) is 5.69 Å². The number of hydrogen-bond donors (Lipinski definition) is 0. The van der Waals surface area contributed by atoms with Crippen molar-refractivity contribution < 1.29 is 9.32 Å². The third-order valence-corrected chi connectivity index (χ3v) is 6.22. The third-order valence-electron chi connectivity index (χ3n) is 6.22. The molecule has 2 aromatic heterocycles. The number of aromatic nitrogens is 3. The first-order valence-electron chi connectivity index (χ1n) is 10.1. The molecule has 4 heterocycles. The quantitative estimate of drug-likeness (QED) is 0.697. The Bertz CT molecular complexity index is 999. The molecule has 2 aliphatic rings. The molecule has 1 fully saturated rings. The van der Waals surface area contributed by atoms with Gasteiger partial charge in [-0.15, -0.1) is 0 Å². The summed E-state index contributed by atoms with van der Waals surface area (Å²) in [6.45, 7) is 4.56. The number of fused-ring (bicyclic) bond motifs is 2. The van der Waals surface area contributed by atoms with Crippen molar-refractivity contribution in [1.29, 1.82) is 0 Å². The number of benzene rings is 1. The van der Waals surface area contributed by atoms with Crippen LogP contribution >= 0.6 is 0 Å². The van der Waals surface area contributed by atoms with E-state index in [9.17, 15) is 4.79 Å². The minimum absolute atomic E-state index is 0.116. The van der Waals surface area contributed by atoms with Crippen molar-refractivity contribution >= 4 is 16.9 Å². The van der Waals surface area contributed by atoms with Crippen LogP contribution < -0.4 is 0 Å². The van der Waals surface area contributed by atoms with E-state index in [4.69, 9.17) is 4.52 Å². The van der Waals surface area contributed by atoms with Gasteiger partial charge < -0.3 is 14.3 Å². The lowest BCUT2D eigenvalue weighted by Gasteiger charge is -2.34. The molecule has 0 bridgehead atoms. The van der Waals surface area contributed by atoms with E-state index >= 15 is 0 Å². The summed E-state index contributed by atoms with van der Waals surface area (Å²) in [6.07, 6.45) is 4.88. The van der Waals surface area contributed by atoms with Crippen molar-refractivity contribution in [3.63, 3.8) is 0 Å². The number of nitrogens with zero attached hydrogens (tertiary/aromatic N) is 5. The zero-order chi connectivity index (χ0) is 19.1. The fourth-order valence-electron chi connectivity index (χ4n) is 4.55. The van der Waals surface area contributed by atoms with Crippen LogP contribution in [0.25, 0.3) is 11.0 Å². The number of amides is 1. The van der Waals surface area contributed by atoms with E-state index in [1.165, 1.54) is 0 Å². The van der Waals surface area contributed by atoms with E-state index in [1.807, 2.05) is 36.3 Å². The summed E-state index contributed by atoms with van der Waals surface area (Å²) in [4.78, 5) is 17.2. The van der Waals surface area contributed by atoms with Gasteiger partial charge in [-0.2, -0.15) is 5.10 Å². The zero-order valence-corrected chi connectivity index (χ0v) is 16.2. The minimum atomic E-state index is 0.116. The zero-order valence-electron chi connectivity index (χ0n) is 16.2. The highest BCUT2D eigenvalue weighted by Crippen LogP contribution is 2.32. The number of hydrogen-bond acceptors (Lipinski definition) is 5. The Morgan fingerprint density at radius 2 is 1.96 bits per heavy atom. The van der Waals surface area contributed by atoms with Crippen molar-refractivity contribution in [1.82, 2.24) is 24.7 Å². The molecule has 1 saturated heterocycles. The van der Waals surface area contributed by atoms with E-state index in [0.29, 0.717) is 5.92 Å². The molecule has 2 aliphatic heterocycles. The molecule has 0 saturated carbocycles. The fourth-order valence-corrected chi connectivity index (χ4v) is 4.55. The molecule has 5 rings (SSSR count). The maximum atomic E-state index is 12.7. The van der Waals surface area contributed by atoms with Crippen LogP contribution in [0.5, 0.6) is 0 Å². The average molecular weight is 379 g/mol. The molecule has 0 radical (unpaired) electrons. The van der Waals surface area contributed by atoms with Gasteiger partial charge in [-0.1, -0.05) is 17.3 Å². The fraction of sp³-hybridized carbons (Fsp3) is 0.476. The first kappa shape index (κ1) is 17.4. The molecule has 7 nitrogen and oxygen atoms in total. The van der Waals surface area contributed by atoms with Crippen molar-refractivity contribution in [2.75, 3.05) is 32.7 Å². The molecular formula is C21H25N5O2. The summed E-state index contributed by atoms with van der Waals surface area (Å²) in [5.41, 5.74) is 3.80. The van der Waals surface area contributed by atoms with Gasteiger partial charge in [0.05, 0.1) is 11.9 Å². The van der Waals surface area contributed by atoms with Gasteiger partial charge in [-0.3, -0.25) is 9.48 Å². The van der Waals surface area contributed by atoms with E-state index in [2.05, 4.69) is 21.2 Å². The number of carbonyl (C=O) groups excluding carboxylic acids is 1. The molecule has 28 heavy (non-hydrogen) atoms. The molecule has 0 atom stereocenters. The average Bonchev–Trinajstić information content (AvgIpc) is 3.32. The largest absolute Gasteiger partial charge is 0.356 e. The van der Waals surface area contributed by atoms with Crippen molar-refractivity contribution in [3.05, 3.63) is 47.4 Å². The molecule has 0 aliphatic carbocycles. The Hall–Kier alpha value is -2.67. The van der Waals surface area contributed by atoms with Crippen LogP contribution in [0.1, 0.15) is 40.5 Å². The molecular weight excluding hydrogens is 354 g/mol. The van der Waals surface area contributed by atoms with Gasteiger partial charge >= 0.3 is 0 Å². The summed E-state index contributed by atoms with van der Waals surface area (Å²) in [5.74, 6) is 0.568. The normalized spacial score (nSPS) is 18.8. The Kier molecular flexibility index (Phi) is 4.39. The summed E-state index contributed by atoms with van der Waals surface area (Å²) in [7, 11) is 1.85. The smallest absolute Gasteiger partial charge is 0.272 e.